The summed E-state index contributed by atoms with van der Waals surface area (Å²) in [4.78, 5) is 12.4. The number of anilines is 1. The SMILES string of the molecule is Cc1ccc(-n2nc(C)c(NC(=O)C3CCS(=O)(=O)C3)c2C)cc1. The third-order valence-corrected chi connectivity index (χ3v) is 6.19. The van der Waals surface area contributed by atoms with Crippen molar-refractivity contribution in [1.82, 2.24) is 9.78 Å². The van der Waals surface area contributed by atoms with Gasteiger partial charge in [-0.25, -0.2) is 13.1 Å². The molecule has 1 aliphatic rings. The van der Waals surface area contributed by atoms with Crippen LogP contribution in [0.25, 0.3) is 5.69 Å². The highest BCUT2D eigenvalue weighted by Crippen LogP contribution is 2.26. The predicted molar refractivity (Wildman–Crippen MR) is 93.2 cm³/mol. The van der Waals surface area contributed by atoms with E-state index in [1.54, 1.807) is 4.68 Å². The summed E-state index contributed by atoms with van der Waals surface area (Å²) >= 11 is 0. The van der Waals surface area contributed by atoms with Gasteiger partial charge in [0.05, 0.1) is 40.2 Å². The number of nitrogens with zero attached hydrogens (tertiary/aromatic N) is 2. The number of aryl methyl sites for hydroxylation is 2. The Hall–Kier alpha value is -2.15. The summed E-state index contributed by atoms with van der Waals surface area (Å²) < 4.78 is 24.9. The van der Waals surface area contributed by atoms with E-state index in [1.165, 1.54) is 0 Å². The Morgan fingerprint density at radius 1 is 1.21 bits per heavy atom. The average molecular weight is 347 g/mol. The molecular weight excluding hydrogens is 326 g/mol. The molecule has 0 bridgehead atoms. The number of carbonyl (C=O) groups is 1. The van der Waals surface area contributed by atoms with Crippen LogP contribution in [-0.2, 0) is 14.6 Å². The Balaban J connectivity index is 1.84. The maximum atomic E-state index is 12.4. The summed E-state index contributed by atoms with van der Waals surface area (Å²) in [6.07, 6.45) is 0.387. The van der Waals surface area contributed by atoms with E-state index in [9.17, 15) is 13.2 Å². The van der Waals surface area contributed by atoms with Crippen molar-refractivity contribution in [1.29, 1.82) is 0 Å². The molecule has 1 atom stereocenters. The van der Waals surface area contributed by atoms with E-state index in [0.717, 1.165) is 16.9 Å². The second kappa shape index (κ2) is 6.05. The molecule has 1 N–H and O–H groups in total. The van der Waals surface area contributed by atoms with Gasteiger partial charge in [-0.15, -0.1) is 0 Å². The Labute approximate surface area is 141 Å². The van der Waals surface area contributed by atoms with Gasteiger partial charge < -0.3 is 5.32 Å². The fourth-order valence-electron chi connectivity index (χ4n) is 2.99. The second-order valence-corrected chi connectivity index (χ2v) is 8.61. The minimum Gasteiger partial charge on any atom is -0.323 e. The van der Waals surface area contributed by atoms with Gasteiger partial charge in [0.2, 0.25) is 5.91 Å². The predicted octanol–water partition coefficient (Wildman–Crippen LogP) is 2.17. The van der Waals surface area contributed by atoms with Crippen LogP contribution in [0.15, 0.2) is 24.3 Å². The largest absolute Gasteiger partial charge is 0.323 e. The van der Waals surface area contributed by atoms with Crippen molar-refractivity contribution in [2.75, 3.05) is 16.8 Å². The van der Waals surface area contributed by atoms with Gasteiger partial charge in [0.25, 0.3) is 0 Å². The van der Waals surface area contributed by atoms with Gasteiger partial charge in [-0.1, -0.05) is 17.7 Å². The Kier molecular flexibility index (Phi) is 4.21. The molecular formula is C17H21N3O3S. The first kappa shape index (κ1) is 16.7. The third-order valence-electron chi connectivity index (χ3n) is 4.42. The van der Waals surface area contributed by atoms with E-state index in [1.807, 2.05) is 45.0 Å². The van der Waals surface area contributed by atoms with Crippen LogP contribution in [0.2, 0.25) is 0 Å². The molecule has 1 unspecified atom stereocenters. The molecule has 2 aromatic rings. The first-order valence-electron chi connectivity index (χ1n) is 7.91. The molecule has 1 saturated heterocycles. The molecule has 0 spiro atoms. The van der Waals surface area contributed by atoms with E-state index in [4.69, 9.17) is 0 Å². The van der Waals surface area contributed by atoms with Gasteiger partial charge in [0.1, 0.15) is 0 Å². The molecule has 2 heterocycles. The molecule has 3 rings (SSSR count). The van der Waals surface area contributed by atoms with E-state index < -0.39 is 15.8 Å². The lowest BCUT2D eigenvalue weighted by atomic mass is 10.1. The lowest BCUT2D eigenvalue weighted by Crippen LogP contribution is -2.24. The highest BCUT2D eigenvalue weighted by molar-refractivity contribution is 7.91. The molecule has 1 aliphatic heterocycles. The molecule has 6 nitrogen and oxygen atoms in total. The van der Waals surface area contributed by atoms with E-state index in [0.29, 0.717) is 17.8 Å². The first-order valence-corrected chi connectivity index (χ1v) is 9.73. The van der Waals surface area contributed by atoms with Crippen LogP contribution in [0.5, 0.6) is 0 Å². The van der Waals surface area contributed by atoms with Crippen LogP contribution < -0.4 is 5.32 Å². The number of hydrogen-bond acceptors (Lipinski definition) is 4. The van der Waals surface area contributed by atoms with Crippen LogP contribution in [0.4, 0.5) is 5.69 Å². The molecule has 24 heavy (non-hydrogen) atoms. The van der Waals surface area contributed by atoms with Gasteiger partial charge in [-0.3, -0.25) is 4.79 Å². The molecule has 128 valence electrons. The number of sulfone groups is 1. The van der Waals surface area contributed by atoms with Crippen LogP contribution >= 0.6 is 0 Å². The van der Waals surface area contributed by atoms with Gasteiger partial charge in [0, 0.05) is 0 Å². The van der Waals surface area contributed by atoms with Crippen LogP contribution in [0, 0.1) is 26.7 Å². The summed E-state index contributed by atoms with van der Waals surface area (Å²) in [6, 6.07) is 7.97. The van der Waals surface area contributed by atoms with Crippen molar-refractivity contribution in [3.63, 3.8) is 0 Å². The van der Waals surface area contributed by atoms with Crippen LogP contribution in [0.3, 0.4) is 0 Å². The number of carbonyl (C=O) groups excluding carboxylic acids is 1. The van der Waals surface area contributed by atoms with Crippen molar-refractivity contribution < 1.29 is 13.2 Å². The number of nitrogens with one attached hydrogen (secondary N) is 1. The van der Waals surface area contributed by atoms with Crippen molar-refractivity contribution in [2.45, 2.75) is 27.2 Å². The minimum atomic E-state index is -3.08. The fourth-order valence-corrected chi connectivity index (χ4v) is 4.73. The standard InChI is InChI=1S/C17H21N3O3S/c1-11-4-6-15(7-5-11)20-13(3)16(12(2)19-20)18-17(21)14-8-9-24(22,23)10-14/h4-7,14H,8-10H2,1-3H3,(H,18,21). The molecule has 0 aliphatic carbocycles. The van der Waals surface area contributed by atoms with Crippen molar-refractivity contribution in [2.24, 2.45) is 5.92 Å². The summed E-state index contributed by atoms with van der Waals surface area (Å²) in [6.45, 7) is 5.74. The second-order valence-electron chi connectivity index (χ2n) is 6.38. The molecule has 1 amide bonds. The summed E-state index contributed by atoms with van der Waals surface area (Å²) in [5.74, 6) is -0.698. The molecule has 7 heteroatoms. The van der Waals surface area contributed by atoms with Crippen molar-refractivity contribution in [3.8, 4) is 5.69 Å². The zero-order valence-electron chi connectivity index (χ0n) is 14.0. The molecule has 0 saturated carbocycles. The zero-order valence-corrected chi connectivity index (χ0v) is 14.9. The topological polar surface area (TPSA) is 81.1 Å². The first-order chi connectivity index (χ1) is 11.3. The zero-order chi connectivity index (χ0) is 17.5. The van der Waals surface area contributed by atoms with Crippen molar-refractivity contribution >= 4 is 21.4 Å². The monoisotopic (exact) mass is 347 g/mol. The van der Waals surface area contributed by atoms with E-state index in [-0.39, 0.29) is 17.4 Å². The highest BCUT2D eigenvalue weighted by Gasteiger charge is 2.33. The van der Waals surface area contributed by atoms with E-state index >= 15 is 0 Å². The Morgan fingerprint density at radius 3 is 2.46 bits per heavy atom. The fraction of sp³-hybridized carbons (Fsp3) is 0.412. The Morgan fingerprint density at radius 2 is 1.88 bits per heavy atom. The quantitative estimate of drug-likeness (QED) is 0.923. The number of aromatic nitrogens is 2. The normalized spacial score (nSPS) is 19.4. The van der Waals surface area contributed by atoms with Crippen LogP contribution in [-0.4, -0.2) is 35.6 Å². The van der Waals surface area contributed by atoms with Gasteiger partial charge in [0.15, 0.2) is 9.84 Å². The molecule has 1 aromatic carbocycles. The van der Waals surface area contributed by atoms with Crippen LogP contribution in [0.1, 0.15) is 23.4 Å². The number of benzene rings is 1. The minimum absolute atomic E-state index is 0.0664. The molecule has 0 radical (unpaired) electrons. The molecule has 1 aromatic heterocycles. The number of hydrogen-bond donors (Lipinski definition) is 1. The summed E-state index contributed by atoms with van der Waals surface area (Å²) in [7, 11) is -3.08. The number of rotatable bonds is 3. The number of amides is 1. The smallest absolute Gasteiger partial charge is 0.228 e. The van der Waals surface area contributed by atoms with E-state index in [2.05, 4.69) is 10.4 Å². The van der Waals surface area contributed by atoms with Gasteiger partial charge in [-0.2, -0.15) is 5.10 Å². The maximum Gasteiger partial charge on any atom is 0.228 e. The summed E-state index contributed by atoms with van der Waals surface area (Å²) in [5.41, 5.74) is 4.28. The van der Waals surface area contributed by atoms with Crippen molar-refractivity contribution in [3.05, 3.63) is 41.2 Å². The highest BCUT2D eigenvalue weighted by atomic mass is 32.2. The lowest BCUT2D eigenvalue weighted by Gasteiger charge is -2.10. The Bertz CT molecular complexity index is 883. The third kappa shape index (κ3) is 3.21. The summed E-state index contributed by atoms with van der Waals surface area (Å²) in [5, 5.41) is 7.38. The van der Waals surface area contributed by atoms with Gasteiger partial charge >= 0.3 is 0 Å². The average Bonchev–Trinajstić information content (AvgIpc) is 3.02. The molecule has 1 fully saturated rings. The van der Waals surface area contributed by atoms with Gasteiger partial charge in [-0.05, 0) is 39.3 Å². The lowest BCUT2D eigenvalue weighted by molar-refractivity contribution is -0.119. The maximum absolute atomic E-state index is 12.4.